The number of ether oxygens (including phenoxy) is 1. The third-order valence-electron chi connectivity index (χ3n) is 1.68. The van der Waals surface area contributed by atoms with Crippen LogP contribution in [0.3, 0.4) is 0 Å². The van der Waals surface area contributed by atoms with E-state index in [2.05, 4.69) is 10.2 Å². The van der Waals surface area contributed by atoms with Gasteiger partial charge in [-0.15, -0.1) is 0 Å². The van der Waals surface area contributed by atoms with Crippen molar-refractivity contribution < 1.29 is 9.53 Å². The Morgan fingerprint density at radius 3 is 3.07 bits per heavy atom. The van der Waals surface area contributed by atoms with E-state index in [-0.39, 0.29) is 10.4 Å². The van der Waals surface area contributed by atoms with Gasteiger partial charge in [0.25, 0.3) is 0 Å². The van der Waals surface area contributed by atoms with E-state index in [4.69, 9.17) is 4.74 Å². The zero-order valence-electron chi connectivity index (χ0n) is 8.32. The van der Waals surface area contributed by atoms with Gasteiger partial charge in [-0.3, -0.25) is 9.89 Å². The predicted octanol–water partition coefficient (Wildman–Crippen LogP) is 1.25. The number of nitrogens with one attached hydrogen (secondary N) is 1. The molecular weight excluding hydrogens is 200 g/mol. The predicted molar refractivity (Wildman–Crippen MR) is 56.2 cm³/mol. The molecule has 1 aromatic rings. The Morgan fingerprint density at radius 2 is 2.57 bits per heavy atom. The van der Waals surface area contributed by atoms with E-state index < -0.39 is 0 Å². The molecule has 0 spiro atoms. The number of nitrogens with zero attached hydrogens (tertiary/aromatic N) is 1. The summed E-state index contributed by atoms with van der Waals surface area (Å²) in [6.07, 6.45) is 2.53. The Kier molecular flexibility index (Phi) is 4.69. The summed E-state index contributed by atoms with van der Waals surface area (Å²) < 4.78 is 5.04. The molecule has 1 unspecified atom stereocenters. The van der Waals surface area contributed by atoms with Crippen LogP contribution in [0.2, 0.25) is 0 Å². The van der Waals surface area contributed by atoms with Gasteiger partial charge in [-0.25, -0.2) is 0 Å². The molecule has 1 aromatic heterocycles. The summed E-state index contributed by atoms with van der Waals surface area (Å²) in [5, 5.41) is 7.05. The number of carbonyl (C=O) groups is 1. The van der Waals surface area contributed by atoms with E-state index in [1.807, 2.05) is 6.07 Å². The number of H-pyrrole nitrogens is 1. The van der Waals surface area contributed by atoms with Gasteiger partial charge in [-0.1, -0.05) is 11.8 Å². The highest BCUT2D eigenvalue weighted by Gasteiger charge is 2.13. The number of hydrogen-bond donors (Lipinski definition) is 1. The summed E-state index contributed by atoms with van der Waals surface area (Å²) in [5.41, 5.74) is 0.959. The first-order valence-corrected chi connectivity index (χ1v) is 5.25. The minimum absolute atomic E-state index is 0.114. The first kappa shape index (κ1) is 11.3. The van der Waals surface area contributed by atoms with Crippen LogP contribution in [0, 0.1) is 0 Å². The molecule has 1 atom stereocenters. The van der Waals surface area contributed by atoms with Crippen molar-refractivity contribution in [1.29, 1.82) is 0 Å². The van der Waals surface area contributed by atoms with Gasteiger partial charge in [0, 0.05) is 31.9 Å². The quantitative estimate of drug-likeness (QED) is 0.801. The van der Waals surface area contributed by atoms with Gasteiger partial charge in [0.1, 0.15) is 0 Å². The molecule has 14 heavy (non-hydrogen) atoms. The molecule has 0 saturated carbocycles. The number of hydrogen-bond acceptors (Lipinski definition) is 4. The van der Waals surface area contributed by atoms with Crippen LogP contribution in [0.1, 0.15) is 12.6 Å². The summed E-state index contributed by atoms with van der Waals surface area (Å²) in [6.45, 7) is 2.13. The molecule has 0 saturated heterocycles. The van der Waals surface area contributed by atoms with E-state index in [0.717, 1.165) is 12.1 Å². The monoisotopic (exact) mass is 214 g/mol. The van der Waals surface area contributed by atoms with Crippen molar-refractivity contribution in [1.82, 2.24) is 10.2 Å². The molecule has 0 fully saturated rings. The number of carbonyl (C=O) groups excluding carboxylic acids is 1. The molecule has 0 aliphatic carbocycles. The van der Waals surface area contributed by atoms with Crippen molar-refractivity contribution in [3.05, 3.63) is 18.0 Å². The average Bonchev–Trinajstić information content (AvgIpc) is 2.56. The lowest BCUT2D eigenvalue weighted by Crippen LogP contribution is -2.16. The molecule has 5 heteroatoms. The van der Waals surface area contributed by atoms with Crippen LogP contribution in [-0.2, 0) is 16.0 Å². The van der Waals surface area contributed by atoms with Gasteiger partial charge in [0.2, 0.25) is 0 Å². The zero-order valence-corrected chi connectivity index (χ0v) is 9.13. The zero-order chi connectivity index (χ0) is 10.4. The first-order chi connectivity index (χ1) is 6.72. The molecule has 1 N–H and O–H groups in total. The van der Waals surface area contributed by atoms with Gasteiger partial charge >= 0.3 is 0 Å². The number of thioether (sulfide) groups is 1. The van der Waals surface area contributed by atoms with Gasteiger partial charge in [-0.2, -0.15) is 5.10 Å². The Labute approximate surface area is 87.4 Å². The van der Waals surface area contributed by atoms with E-state index in [9.17, 15) is 4.79 Å². The largest absolute Gasteiger partial charge is 0.384 e. The maximum atomic E-state index is 10.9. The van der Waals surface area contributed by atoms with Crippen molar-refractivity contribution >= 4 is 16.9 Å². The molecule has 0 aliphatic rings. The van der Waals surface area contributed by atoms with Crippen LogP contribution in [0.5, 0.6) is 0 Å². The lowest BCUT2D eigenvalue weighted by Gasteiger charge is -2.11. The van der Waals surface area contributed by atoms with Crippen molar-refractivity contribution in [3.63, 3.8) is 0 Å². The standard InChI is InChI=1S/C9H14N2O2S/c1-7(12)14-9(6-13-2)5-8-3-4-10-11-8/h3-4,9H,5-6H2,1-2H3,(H,10,11). The van der Waals surface area contributed by atoms with Gasteiger partial charge in [0.15, 0.2) is 5.12 Å². The van der Waals surface area contributed by atoms with E-state index in [1.165, 1.54) is 11.8 Å². The maximum Gasteiger partial charge on any atom is 0.186 e. The normalized spacial score (nSPS) is 12.7. The fourth-order valence-electron chi connectivity index (χ4n) is 1.19. The minimum Gasteiger partial charge on any atom is -0.384 e. The fraction of sp³-hybridized carbons (Fsp3) is 0.556. The highest BCUT2D eigenvalue weighted by Crippen LogP contribution is 2.16. The smallest absolute Gasteiger partial charge is 0.186 e. The highest BCUT2D eigenvalue weighted by atomic mass is 32.2. The van der Waals surface area contributed by atoms with Crippen molar-refractivity contribution in [2.75, 3.05) is 13.7 Å². The molecular formula is C9H14N2O2S. The van der Waals surface area contributed by atoms with Gasteiger partial charge in [0.05, 0.1) is 12.3 Å². The molecule has 0 radical (unpaired) electrons. The molecule has 0 bridgehead atoms. The number of aromatic nitrogens is 2. The summed E-state index contributed by atoms with van der Waals surface area (Å²) in [5.74, 6) is 0. The molecule has 78 valence electrons. The number of aromatic amines is 1. The second-order valence-electron chi connectivity index (χ2n) is 2.96. The lowest BCUT2D eigenvalue weighted by molar-refractivity contribution is -0.109. The number of methoxy groups -OCH3 is 1. The van der Waals surface area contributed by atoms with Crippen molar-refractivity contribution in [2.45, 2.75) is 18.6 Å². The third-order valence-corrected chi connectivity index (χ3v) is 2.65. The minimum atomic E-state index is 0.114. The summed E-state index contributed by atoms with van der Waals surface area (Å²) in [6, 6.07) is 1.91. The topological polar surface area (TPSA) is 55.0 Å². The molecule has 0 aromatic carbocycles. The Morgan fingerprint density at radius 1 is 1.79 bits per heavy atom. The molecule has 1 rings (SSSR count). The van der Waals surface area contributed by atoms with Crippen LogP contribution in [0.25, 0.3) is 0 Å². The Bertz CT molecular complexity index is 274. The van der Waals surface area contributed by atoms with E-state index in [0.29, 0.717) is 6.61 Å². The summed E-state index contributed by atoms with van der Waals surface area (Å²) >= 11 is 1.30. The molecule has 0 amide bonds. The second kappa shape index (κ2) is 5.82. The summed E-state index contributed by atoms with van der Waals surface area (Å²) in [4.78, 5) is 10.9. The first-order valence-electron chi connectivity index (χ1n) is 4.37. The average molecular weight is 214 g/mol. The van der Waals surface area contributed by atoms with Crippen LogP contribution in [0.4, 0.5) is 0 Å². The summed E-state index contributed by atoms with van der Waals surface area (Å²) in [7, 11) is 1.64. The van der Waals surface area contributed by atoms with E-state index >= 15 is 0 Å². The van der Waals surface area contributed by atoms with Crippen LogP contribution < -0.4 is 0 Å². The SMILES string of the molecule is COCC(Cc1cc[nH]n1)SC(C)=O. The molecule has 0 aliphatic heterocycles. The van der Waals surface area contributed by atoms with E-state index in [1.54, 1.807) is 20.2 Å². The Balaban J connectivity index is 2.46. The molecule has 4 nitrogen and oxygen atoms in total. The van der Waals surface area contributed by atoms with Gasteiger partial charge < -0.3 is 4.74 Å². The van der Waals surface area contributed by atoms with Gasteiger partial charge in [-0.05, 0) is 6.07 Å². The third kappa shape index (κ3) is 3.93. The van der Waals surface area contributed by atoms with Crippen LogP contribution in [-0.4, -0.2) is 34.3 Å². The van der Waals surface area contributed by atoms with Crippen molar-refractivity contribution in [2.24, 2.45) is 0 Å². The lowest BCUT2D eigenvalue weighted by atomic mass is 10.2. The molecule has 1 heterocycles. The van der Waals surface area contributed by atoms with Crippen LogP contribution in [0.15, 0.2) is 12.3 Å². The van der Waals surface area contributed by atoms with Crippen LogP contribution >= 0.6 is 11.8 Å². The number of rotatable bonds is 5. The highest BCUT2D eigenvalue weighted by molar-refractivity contribution is 8.14. The Hall–Kier alpha value is -0.810. The fourth-order valence-corrected chi connectivity index (χ4v) is 2.12. The maximum absolute atomic E-state index is 10.9. The van der Waals surface area contributed by atoms with Crippen molar-refractivity contribution in [3.8, 4) is 0 Å². The second-order valence-corrected chi connectivity index (χ2v) is 4.43.